The predicted octanol–water partition coefficient (Wildman–Crippen LogP) is 4.32. The topological polar surface area (TPSA) is 71.4 Å². The van der Waals surface area contributed by atoms with Crippen LogP contribution in [0.2, 0.25) is 0 Å². The van der Waals surface area contributed by atoms with Crippen LogP contribution in [0.15, 0.2) is 59.4 Å². The number of hydrogen-bond donors (Lipinski definition) is 2. The average Bonchev–Trinajstić information content (AvgIpc) is 3.12. The molecule has 148 valence electrons. The molecule has 0 bridgehead atoms. The molecule has 0 atom stereocenters. The molecule has 0 aliphatic rings. The third-order valence-electron chi connectivity index (χ3n) is 4.80. The fourth-order valence-corrected chi connectivity index (χ4v) is 3.52. The zero-order valence-electron chi connectivity index (χ0n) is 16.2. The number of methoxy groups -OCH3 is 1. The minimum Gasteiger partial charge on any atom is -0.497 e. The summed E-state index contributed by atoms with van der Waals surface area (Å²) in [5.41, 5.74) is 4.91. The number of anilines is 1. The molecule has 0 aliphatic heterocycles. The van der Waals surface area contributed by atoms with E-state index in [0.29, 0.717) is 29.3 Å². The first-order valence-electron chi connectivity index (χ1n) is 9.29. The van der Waals surface area contributed by atoms with Gasteiger partial charge in [-0.25, -0.2) is 4.98 Å². The molecule has 4 rings (SSSR count). The molecule has 2 aromatic heterocycles. The first-order valence-corrected chi connectivity index (χ1v) is 9.82. The molecule has 0 fully saturated rings. The van der Waals surface area contributed by atoms with Crippen LogP contribution in [0.4, 0.5) is 5.69 Å². The molecule has 2 N–H and O–H groups in total. The molecule has 0 amide bonds. The van der Waals surface area contributed by atoms with E-state index in [2.05, 4.69) is 10.4 Å². The number of rotatable bonds is 6. The average molecular weight is 409 g/mol. The molecule has 4 aromatic rings. The van der Waals surface area contributed by atoms with Crippen molar-refractivity contribution in [3.05, 3.63) is 70.6 Å². The minimum absolute atomic E-state index is 0.159. The standard InChI is InChI=1S/C22H21ClN4O2/c1-14-18(15-8-10-17(29-2)11-9-15)22(28)27-21(25-14)20(24-13-12-23)19(26-27)16-6-4-3-5-7-16/h3-11,24,26H,12-13H2,1-2H3. The molecule has 7 heteroatoms. The van der Waals surface area contributed by atoms with Gasteiger partial charge in [0.2, 0.25) is 0 Å². The van der Waals surface area contributed by atoms with Crippen molar-refractivity contribution < 1.29 is 4.74 Å². The number of nitrogens with zero attached hydrogens (tertiary/aromatic N) is 2. The summed E-state index contributed by atoms with van der Waals surface area (Å²) in [6.07, 6.45) is 0. The Bertz CT molecular complexity index is 1200. The molecule has 29 heavy (non-hydrogen) atoms. The van der Waals surface area contributed by atoms with Crippen LogP contribution >= 0.6 is 11.6 Å². The van der Waals surface area contributed by atoms with Gasteiger partial charge in [-0.2, -0.15) is 4.52 Å². The SMILES string of the molecule is COc1ccc(-c2c(C)nc3c(NCCCl)c(-c4ccccc4)[nH]n3c2=O)cc1. The summed E-state index contributed by atoms with van der Waals surface area (Å²) >= 11 is 5.89. The van der Waals surface area contributed by atoms with Crippen LogP contribution in [-0.4, -0.2) is 34.1 Å². The molecular formula is C22H21ClN4O2. The molecule has 2 aromatic carbocycles. The van der Waals surface area contributed by atoms with Crippen molar-refractivity contribution in [2.75, 3.05) is 24.9 Å². The highest BCUT2D eigenvalue weighted by molar-refractivity contribution is 6.18. The van der Waals surface area contributed by atoms with Crippen molar-refractivity contribution in [3.63, 3.8) is 0 Å². The second kappa shape index (κ2) is 8.01. The lowest BCUT2D eigenvalue weighted by atomic mass is 10.1. The van der Waals surface area contributed by atoms with Gasteiger partial charge in [0.25, 0.3) is 5.56 Å². The summed E-state index contributed by atoms with van der Waals surface area (Å²) in [6, 6.07) is 17.2. The summed E-state index contributed by atoms with van der Waals surface area (Å²) in [4.78, 5) is 18.1. The zero-order valence-corrected chi connectivity index (χ0v) is 17.0. The van der Waals surface area contributed by atoms with Crippen molar-refractivity contribution in [3.8, 4) is 28.1 Å². The summed E-state index contributed by atoms with van der Waals surface area (Å²) in [5.74, 6) is 1.18. The summed E-state index contributed by atoms with van der Waals surface area (Å²) < 4.78 is 6.71. The lowest BCUT2D eigenvalue weighted by molar-refractivity contribution is 0.415. The molecule has 0 saturated carbocycles. The quantitative estimate of drug-likeness (QED) is 0.466. The van der Waals surface area contributed by atoms with Gasteiger partial charge in [-0.3, -0.25) is 9.89 Å². The van der Waals surface area contributed by atoms with E-state index in [1.807, 2.05) is 61.5 Å². The monoisotopic (exact) mass is 408 g/mol. The van der Waals surface area contributed by atoms with Crippen LogP contribution in [-0.2, 0) is 0 Å². The number of aromatic amines is 1. The number of ether oxygens (including phenoxy) is 1. The Balaban J connectivity index is 1.95. The van der Waals surface area contributed by atoms with E-state index in [1.165, 1.54) is 4.52 Å². The first-order chi connectivity index (χ1) is 14.1. The van der Waals surface area contributed by atoms with Crippen molar-refractivity contribution in [2.24, 2.45) is 0 Å². The Morgan fingerprint density at radius 1 is 1.10 bits per heavy atom. The van der Waals surface area contributed by atoms with E-state index in [9.17, 15) is 4.79 Å². The second-order valence-electron chi connectivity index (χ2n) is 6.61. The van der Waals surface area contributed by atoms with Crippen LogP contribution < -0.4 is 15.6 Å². The van der Waals surface area contributed by atoms with Crippen LogP contribution in [0, 0.1) is 6.92 Å². The van der Waals surface area contributed by atoms with Crippen LogP contribution in [0.5, 0.6) is 5.75 Å². The van der Waals surface area contributed by atoms with Crippen molar-refractivity contribution in [1.29, 1.82) is 0 Å². The lowest BCUT2D eigenvalue weighted by Gasteiger charge is -2.08. The predicted molar refractivity (Wildman–Crippen MR) is 117 cm³/mol. The van der Waals surface area contributed by atoms with Gasteiger partial charge < -0.3 is 10.1 Å². The number of aromatic nitrogens is 3. The maximum Gasteiger partial charge on any atom is 0.280 e. The van der Waals surface area contributed by atoms with Gasteiger partial charge in [0, 0.05) is 18.0 Å². The number of hydrogen-bond acceptors (Lipinski definition) is 4. The Labute approximate surface area is 173 Å². The van der Waals surface area contributed by atoms with Gasteiger partial charge >= 0.3 is 0 Å². The Hall–Kier alpha value is -3.25. The van der Waals surface area contributed by atoms with Gasteiger partial charge in [0.15, 0.2) is 5.65 Å². The fraction of sp³-hybridized carbons (Fsp3) is 0.182. The smallest absolute Gasteiger partial charge is 0.280 e. The highest BCUT2D eigenvalue weighted by atomic mass is 35.5. The molecule has 0 unspecified atom stereocenters. The molecule has 0 aliphatic carbocycles. The maximum atomic E-state index is 13.4. The fourth-order valence-electron chi connectivity index (χ4n) is 3.42. The highest BCUT2D eigenvalue weighted by Gasteiger charge is 2.19. The van der Waals surface area contributed by atoms with E-state index in [0.717, 1.165) is 28.3 Å². The Morgan fingerprint density at radius 2 is 1.83 bits per heavy atom. The van der Waals surface area contributed by atoms with E-state index in [-0.39, 0.29) is 5.56 Å². The molecule has 0 radical (unpaired) electrons. The molecule has 6 nitrogen and oxygen atoms in total. The summed E-state index contributed by atoms with van der Waals surface area (Å²) in [5, 5.41) is 6.54. The highest BCUT2D eigenvalue weighted by Crippen LogP contribution is 2.31. The van der Waals surface area contributed by atoms with Crippen molar-refractivity contribution >= 4 is 22.9 Å². The molecular weight excluding hydrogens is 388 g/mol. The van der Waals surface area contributed by atoms with E-state index in [1.54, 1.807) is 7.11 Å². The van der Waals surface area contributed by atoms with Crippen LogP contribution in [0.25, 0.3) is 28.0 Å². The van der Waals surface area contributed by atoms with Gasteiger partial charge in [-0.15, -0.1) is 11.6 Å². The lowest BCUT2D eigenvalue weighted by Crippen LogP contribution is -2.19. The number of H-pyrrole nitrogens is 1. The number of fused-ring (bicyclic) bond motifs is 1. The van der Waals surface area contributed by atoms with E-state index >= 15 is 0 Å². The second-order valence-corrected chi connectivity index (χ2v) is 6.99. The molecule has 0 saturated heterocycles. The summed E-state index contributed by atoms with van der Waals surface area (Å²) in [7, 11) is 1.61. The first kappa shape index (κ1) is 19.1. The Kier molecular flexibility index (Phi) is 5.27. The normalized spacial score (nSPS) is 11.0. The van der Waals surface area contributed by atoms with Crippen molar-refractivity contribution in [2.45, 2.75) is 6.92 Å². The third-order valence-corrected chi connectivity index (χ3v) is 4.99. The number of benzene rings is 2. The number of nitrogens with one attached hydrogen (secondary N) is 2. The van der Waals surface area contributed by atoms with Gasteiger partial charge in [0.05, 0.1) is 24.1 Å². The number of aryl methyl sites for hydroxylation is 1. The Morgan fingerprint density at radius 3 is 2.48 bits per heavy atom. The molecule has 0 spiro atoms. The minimum atomic E-state index is -0.159. The largest absolute Gasteiger partial charge is 0.497 e. The zero-order chi connectivity index (χ0) is 20.4. The maximum absolute atomic E-state index is 13.4. The summed E-state index contributed by atoms with van der Waals surface area (Å²) in [6.45, 7) is 2.41. The van der Waals surface area contributed by atoms with Crippen LogP contribution in [0.3, 0.4) is 0 Å². The third kappa shape index (κ3) is 3.47. The number of halogens is 1. The molecule has 2 heterocycles. The van der Waals surface area contributed by atoms with Gasteiger partial charge in [-0.05, 0) is 24.6 Å². The van der Waals surface area contributed by atoms with Gasteiger partial charge in [0.1, 0.15) is 11.4 Å². The van der Waals surface area contributed by atoms with E-state index < -0.39 is 0 Å². The van der Waals surface area contributed by atoms with E-state index in [4.69, 9.17) is 21.3 Å². The van der Waals surface area contributed by atoms with Crippen molar-refractivity contribution in [1.82, 2.24) is 14.6 Å². The number of alkyl halides is 1. The van der Waals surface area contributed by atoms with Gasteiger partial charge in [-0.1, -0.05) is 42.5 Å². The van der Waals surface area contributed by atoms with Crippen LogP contribution in [0.1, 0.15) is 5.69 Å².